The van der Waals surface area contributed by atoms with Crippen molar-refractivity contribution in [2.45, 2.75) is 39.2 Å². The first-order valence-electron chi connectivity index (χ1n) is 7.15. The van der Waals surface area contributed by atoms with Crippen LogP contribution in [0.15, 0.2) is 12.1 Å². The van der Waals surface area contributed by atoms with Crippen molar-refractivity contribution in [1.29, 1.82) is 0 Å². The van der Waals surface area contributed by atoms with Gasteiger partial charge in [-0.15, -0.1) is 11.3 Å². The lowest BCUT2D eigenvalue weighted by Gasteiger charge is -2.15. The Balaban J connectivity index is 2.32. The average molecular weight is 299 g/mol. The Morgan fingerprint density at radius 2 is 2.15 bits per heavy atom. The van der Waals surface area contributed by atoms with Crippen molar-refractivity contribution >= 4 is 17.3 Å². The quantitative estimate of drug-likeness (QED) is 0.651. The van der Waals surface area contributed by atoms with Crippen LogP contribution in [-0.4, -0.2) is 31.3 Å². The molecule has 1 atom stereocenters. The molecule has 0 aliphatic carbocycles. The number of aliphatic hydroxyl groups is 1. The first-order chi connectivity index (χ1) is 9.69. The van der Waals surface area contributed by atoms with Crippen LogP contribution in [0, 0.1) is 5.92 Å². The van der Waals surface area contributed by atoms with E-state index < -0.39 is 0 Å². The van der Waals surface area contributed by atoms with Gasteiger partial charge in [-0.2, -0.15) is 0 Å². The van der Waals surface area contributed by atoms with Crippen LogP contribution in [0.25, 0.3) is 0 Å². The summed E-state index contributed by atoms with van der Waals surface area (Å²) in [5.41, 5.74) is 0. The van der Waals surface area contributed by atoms with Gasteiger partial charge < -0.3 is 15.2 Å². The van der Waals surface area contributed by atoms with Crippen molar-refractivity contribution in [1.82, 2.24) is 5.32 Å². The standard InChI is InChI=1S/C15H25NO3S/c1-3-4-12(7-8-17)10-16-11-14-6-5-13(20-14)9-15(18)19-2/h5-6,12,16-17H,3-4,7-11H2,1-2H3. The number of esters is 1. The third-order valence-electron chi connectivity index (χ3n) is 3.23. The van der Waals surface area contributed by atoms with Crippen LogP contribution in [0.4, 0.5) is 0 Å². The molecule has 4 nitrogen and oxygen atoms in total. The molecule has 0 aliphatic rings. The molecule has 2 N–H and O–H groups in total. The minimum absolute atomic E-state index is 0.197. The average Bonchev–Trinajstić information content (AvgIpc) is 2.86. The second-order valence-electron chi connectivity index (χ2n) is 4.92. The molecule has 0 bridgehead atoms. The van der Waals surface area contributed by atoms with Gasteiger partial charge in [-0.05, 0) is 37.4 Å². The second kappa shape index (κ2) is 9.91. The smallest absolute Gasteiger partial charge is 0.310 e. The lowest BCUT2D eigenvalue weighted by atomic mass is 10.0. The number of aliphatic hydroxyl groups excluding tert-OH is 1. The van der Waals surface area contributed by atoms with E-state index in [1.807, 2.05) is 6.07 Å². The minimum atomic E-state index is -0.197. The van der Waals surface area contributed by atoms with Gasteiger partial charge in [-0.3, -0.25) is 4.79 Å². The van der Waals surface area contributed by atoms with Gasteiger partial charge in [-0.1, -0.05) is 13.3 Å². The molecule has 0 spiro atoms. The zero-order chi connectivity index (χ0) is 14.8. The van der Waals surface area contributed by atoms with Crippen LogP contribution in [0.1, 0.15) is 35.9 Å². The van der Waals surface area contributed by atoms with Crippen LogP contribution in [0.5, 0.6) is 0 Å². The van der Waals surface area contributed by atoms with Gasteiger partial charge in [0.1, 0.15) is 0 Å². The molecular weight excluding hydrogens is 274 g/mol. The molecular formula is C15H25NO3S. The van der Waals surface area contributed by atoms with Gasteiger partial charge in [0.15, 0.2) is 0 Å². The third-order valence-corrected chi connectivity index (χ3v) is 4.32. The van der Waals surface area contributed by atoms with Gasteiger partial charge in [0.25, 0.3) is 0 Å². The highest BCUT2D eigenvalue weighted by Gasteiger charge is 2.08. The summed E-state index contributed by atoms with van der Waals surface area (Å²) >= 11 is 1.64. The largest absolute Gasteiger partial charge is 0.469 e. The van der Waals surface area contributed by atoms with E-state index >= 15 is 0 Å². The van der Waals surface area contributed by atoms with E-state index in [0.29, 0.717) is 12.3 Å². The number of hydrogen-bond donors (Lipinski definition) is 2. The van der Waals surface area contributed by atoms with Crippen LogP contribution < -0.4 is 5.32 Å². The highest BCUT2D eigenvalue weighted by atomic mass is 32.1. The molecule has 20 heavy (non-hydrogen) atoms. The molecule has 5 heteroatoms. The zero-order valence-electron chi connectivity index (χ0n) is 12.4. The topological polar surface area (TPSA) is 58.6 Å². The molecule has 1 rings (SSSR count). The fourth-order valence-electron chi connectivity index (χ4n) is 2.17. The second-order valence-corrected chi connectivity index (χ2v) is 6.17. The van der Waals surface area contributed by atoms with Crippen LogP contribution in [0.2, 0.25) is 0 Å². The van der Waals surface area contributed by atoms with Crippen molar-refractivity contribution in [2.24, 2.45) is 5.92 Å². The van der Waals surface area contributed by atoms with E-state index in [1.165, 1.54) is 12.0 Å². The number of rotatable bonds is 10. The molecule has 1 aromatic rings. The molecule has 0 aliphatic heterocycles. The summed E-state index contributed by atoms with van der Waals surface area (Å²) in [6.45, 7) is 4.17. The Morgan fingerprint density at radius 3 is 2.80 bits per heavy atom. The highest BCUT2D eigenvalue weighted by molar-refractivity contribution is 7.12. The first kappa shape index (κ1) is 17.1. The van der Waals surface area contributed by atoms with Gasteiger partial charge >= 0.3 is 5.97 Å². The van der Waals surface area contributed by atoms with E-state index in [9.17, 15) is 4.79 Å². The zero-order valence-corrected chi connectivity index (χ0v) is 13.2. The number of ether oxygens (including phenoxy) is 1. The monoisotopic (exact) mass is 299 g/mol. The number of hydrogen-bond acceptors (Lipinski definition) is 5. The fraction of sp³-hybridized carbons (Fsp3) is 0.667. The van der Waals surface area contributed by atoms with Gasteiger partial charge in [0.05, 0.1) is 13.5 Å². The first-order valence-corrected chi connectivity index (χ1v) is 7.97. The summed E-state index contributed by atoms with van der Waals surface area (Å²) in [6.07, 6.45) is 3.50. The number of methoxy groups -OCH3 is 1. The number of carbonyl (C=O) groups excluding carboxylic acids is 1. The maximum Gasteiger partial charge on any atom is 0.310 e. The molecule has 0 radical (unpaired) electrons. The Kier molecular flexibility index (Phi) is 8.49. The van der Waals surface area contributed by atoms with E-state index in [2.05, 4.69) is 23.0 Å². The molecule has 0 fully saturated rings. The summed E-state index contributed by atoms with van der Waals surface area (Å²) < 4.78 is 4.66. The summed E-state index contributed by atoms with van der Waals surface area (Å²) in [5, 5.41) is 12.5. The Hall–Kier alpha value is -0.910. The molecule has 1 unspecified atom stereocenters. The predicted molar refractivity (Wildman–Crippen MR) is 81.8 cm³/mol. The molecule has 1 heterocycles. The molecule has 0 saturated carbocycles. The lowest BCUT2D eigenvalue weighted by Crippen LogP contribution is -2.22. The fourth-order valence-corrected chi connectivity index (χ4v) is 3.14. The highest BCUT2D eigenvalue weighted by Crippen LogP contribution is 2.17. The summed E-state index contributed by atoms with van der Waals surface area (Å²) in [4.78, 5) is 13.4. The predicted octanol–water partition coefficient (Wildman–Crippen LogP) is 2.35. The van der Waals surface area contributed by atoms with Gasteiger partial charge in [0, 0.05) is 22.9 Å². The van der Waals surface area contributed by atoms with E-state index in [1.54, 1.807) is 11.3 Å². The molecule has 0 amide bonds. The van der Waals surface area contributed by atoms with Gasteiger partial charge in [-0.25, -0.2) is 0 Å². The van der Waals surface area contributed by atoms with Crippen molar-refractivity contribution in [3.63, 3.8) is 0 Å². The van der Waals surface area contributed by atoms with Crippen LogP contribution >= 0.6 is 11.3 Å². The SMILES string of the molecule is CCCC(CCO)CNCc1ccc(CC(=O)OC)s1. The minimum Gasteiger partial charge on any atom is -0.469 e. The number of nitrogens with one attached hydrogen (secondary N) is 1. The number of thiophene rings is 1. The normalized spacial score (nSPS) is 12.3. The van der Waals surface area contributed by atoms with Crippen molar-refractivity contribution in [3.8, 4) is 0 Å². The summed E-state index contributed by atoms with van der Waals surface area (Å²) in [5.74, 6) is 0.344. The molecule has 114 valence electrons. The Morgan fingerprint density at radius 1 is 1.40 bits per heavy atom. The lowest BCUT2D eigenvalue weighted by molar-refractivity contribution is -0.139. The molecule has 0 saturated heterocycles. The molecule has 1 aromatic heterocycles. The van der Waals surface area contributed by atoms with Gasteiger partial charge in [0.2, 0.25) is 0 Å². The van der Waals surface area contributed by atoms with E-state index in [4.69, 9.17) is 5.11 Å². The summed E-state index contributed by atoms with van der Waals surface area (Å²) in [6, 6.07) is 4.03. The number of carbonyl (C=O) groups is 1. The van der Waals surface area contributed by atoms with Crippen molar-refractivity contribution in [2.75, 3.05) is 20.3 Å². The Bertz CT molecular complexity index is 386. The Labute approximate surface area is 125 Å². The third kappa shape index (κ3) is 6.50. The molecule has 0 aromatic carbocycles. The van der Waals surface area contributed by atoms with Crippen LogP contribution in [0.3, 0.4) is 0 Å². The van der Waals surface area contributed by atoms with Crippen molar-refractivity contribution in [3.05, 3.63) is 21.9 Å². The van der Waals surface area contributed by atoms with Crippen molar-refractivity contribution < 1.29 is 14.6 Å². The maximum absolute atomic E-state index is 11.2. The maximum atomic E-state index is 11.2. The van der Waals surface area contributed by atoms with E-state index in [-0.39, 0.29) is 12.6 Å². The van der Waals surface area contributed by atoms with E-state index in [0.717, 1.165) is 37.2 Å². The van der Waals surface area contributed by atoms with Crippen LogP contribution in [-0.2, 0) is 22.5 Å². The summed E-state index contributed by atoms with van der Waals surface area (Å²) in [7, 11) is 1.41.